The molecule has 0 aromatic heterocycles. The highest BCUT2D eigenvalue weighted by atomic mass is 32.2. The van der Waals surface area contributed by atoms with Gasteiger partial charge in [-0.15, -0.1) is 0 Å². The number of hydrogen-bond donors (Lipinski definition) is 1. The normalized spacial score (nSPS) is 11.0. The minimum absolute atomic E-state index is 0.184. The van der Waals surface area contributed by atoms with Gasteiger partial charge < -0.3 is 9.50 Å². The van der Waals surface area contributed by atoms with Gasteiger partial charge in [-0.1, -0.05) is 30.3 Å². The van der Waals surface area contributed by atoms with Crippen molar-refractivity contribution in [3.8, 4) is 5.75 Å². The maximum atomic E-state index is 12.0. The summed E-state index contributed by atoms with van der Waals surface area (Å²) in [7, 11) is -3.56. The first-order valence-corrected chi connectivity index (χ1v) is 8.57. The minimum atomic E-state index is -3.56. The van der Waals surface area contributed by atoms with Crippen LogP contribution in [0.5, 0.6) is 5.75 Å². The van der Waals surface area contributed by atoms with Crippen LogP contribution in [0.25, 0.3) is 0 Å². The topological polar surface area (TPSA) is 72.5 Å². The third kappa shape index (κ3) is 5.21. The van der Waals surface area contributed by atoms with Gasteiger partial charge in [0.25, 0.3) is 5.91 Å². The maximum Gasteiger partial charge on any atom is 0.306 e. The summed E-state index contributed by atoms with van der Waals surface area (Å²) in [6, 6.07) is 15.8. The number of carbonyl (C=O) groups is 1. The van der Waals surface area contributed by atoms with E-state index < -0.39 is 10.1 Å². The fourth-order valence-corrected chi connectivity index (χ4v) is 2.36. The third-order valence-electron chi connectivity index (χ3n) is 2.91. The molecule has 1 amide bonds. The maximum absolute atomic E-state index is 12.0. The lowest BCUT2D eigenvalue weighted by molar-refractivity contribution is 0.0954. The van der Waals surface area contributed by atoms with Gasteiger partial charge in [0, 0.05) is 12.1 Å². The molecule has 0 fully saturated rings. The first-order valence-electron chi connectivity index (χ1n) is 6.76. The van der Waals surface area contributed by atoms with Crippen molar-refractivity contribution in [1.29, 1.82) is 0 Å². The molecule has 0 saturated carbocycles. The lowest BCUT2D eigenvalue weighted by atomic mass is 10.1. The zero-order valence-corrected chi connectivity index (χ0v) is 13.0. The Balaban J connectivity index is 1.87. The lowest BCUT2D eigenvalue weighted by Gasteiger charge is -2.07. The van der Waals surface area contributed by atoms with Crippen molar-refractivity contribution in [3.63, 3.8) is 0 Å². The summed E-state index contributed by atoms with van der Waals surface area (Å²) in [5, 5.41) is 2.82. The van der Waals surface area contributed by atoms with Crippen LogP contribution < -0.4 is 9.50 Å². The third-order valence-corrected chi connectivity index (χ3v) is 3.40. The Morgan fingerprint density at radius 3 is 2.27 bits per heavy atom. The summed E-state index contributed by atoms with van der Waals surface area (Å²) in [6.07, 6.45) is 1.72. The Morgan fingerprint density at radius 2 is 1.68 bits per heavy atom. The molecule has 0 aliphatic rings. The largest absolute Gasteiger partial charge is 0.383 e. The van der Waals surface area contributed by atoms with Gasteiger partial charge in [0.1, 0.15) is 5.75 Å². The Kier molecular flexibility index (Phi) is 5.16. The number of benzene rings is 2. The molecule has 0 bridgehead atoms. The van der Waals surface area contributed by atoms with Crippen LogP contribution in [0, 0.1) is 0 Å². The van der Waals surface area contributed by atoms with Gasteiger partial charge in [-0.3, -0.25) is 4.79 Å². The Morgan fingerprint density at radius 1 is 1.05 bits per heavy atom. The van der Waals surface area contributed by atoms with E-state index in [1.807, 2.05) is 30.3 Å². The van der Waals surface area contributed by atoms with Gasteiger partial charge in [-0.2, -0.15) is 8.42 Å². The Labute approximate surface area is 130 Å². The van der Waals surface area contributed by atoms with E-state index in [1.165, 1.54) is 24.3 Å². The second-order valence-corrected chi connectivity index (χ2v) is 6.38. The number of rotatable bonds is 6. The molecule has 116 valence electrons. The van der Waals surface area contributed by atoms with E-state index in [1.54, 1.807) is 0 Å². The predicted molar refractivity (Wildman–Crippen MR) is 84.4 cm³/mol. The summed E-state index contributed by atoms with van der Waals surface area (Å²) in [5.41, 5.74) is 1.61. The van der Waals surface area contributed by atoms with E-state index in [2.05, 4.69) is 5.32 Å². The Bertz CT molecular complexity index is 725. The molecule has 6 heteroatoms. The molecule has 2 rings (SSSR count). The van der Waals surface area contributed by atoms with Crippen molar-refractivity contribution in [2.24, 2.45) is 0 Å². The first-order chi connectivity index (χ1) is 10.4. The number of nitrogens with one attached hydrogen (secondary N) is 1. The van der Waals surface area contributed by atoms with Gasteiger partial charge in [0.05, 0.1) is 6.26 Å². The van der Waals surface area contributed by atoms with Crippen LogP contribution in [0.4, 0.5) is 0 Å². The van der Waals surface area contributed by atoms with Crippen LogP contribution in [0.2, 0.25) is 0 Å². The van der Waals surface area contributed by atoms with Crippen molar-refractivity contribution in [3.05, 3.63) is 65.7 Å². The summed E-state index contributed by atoms with van der Waals surface area (Å²) >= 11 is 0. The molecule has 0 aliphatic heterocycles. The fourth-order valence-electron chi connectivity index (χ4n) is 1.90. The SMILES string of the molecule is CS(=O)(=O)Oc1ccc(C(=O)NCCc2ccccc2)cc1. The second-order valence-electron chi connectivity index (χ2n) is 4.80. The van der Waals surface area contributed by atoms with E-state index in [0.29, 0.717) is 12.1 Å². The molecule has 22 heavy (non-hydrogen) atoms. The van der Waals surface area contributed by atoms with Gasteiger partial charge >= 0.3 is 10.1 Å². The highest BCUT2D eigenvalue weighted by Gasteiger charge is 2.07. The highest BCUT2D eigenvalue weighted by molar-refractivity contribution is 7.86. The molecule has 0 atom stereocenters. The van der Waals surface area contributed by atoms with E-state index >= 15 is 0 Å². The van der Waals surface area contributed by atoms with Crippen molar-refractivity contribution in [2.75, 3.05) is 12.8 Å². The Hall–Kier alpha value is -2.34. The van der Waals surface area contributed by atoms with Crippen LogP contribution >= 0.6 is 0 Å². The van der Waals surface area contributed by atoms with Crippen LogP contribution in [0.3, 0.4) is 0 Å². The standard InChI is InChI=1S/C16H17NO4S/c1-22(19,20)21-15-9-7-14(8-10-15)16(18)17-12-11-13-5-3-2-4-6-13/h2-10H,11-12H2,1H3,(H,17,18). The zero-order valence-electron chi connectivity index (χ0n) is 12.2. The molecular formula is C16H17NO4S. The number of carbonyl (C=O) groups excluding carboxylic acids is 1. The zero-order chi connectivity index (χ0) is 16.0. The molecule has 2 aromatic carbocycles. The molecule has 0 aliphatic carbocycles. The van der Waals surface area contributed by atoms with Crippen molar-refractivity contribution < 1.29 is 17.4 Å². The fraction of sp³-hybridized carbons (Fsp3) is 0.188. The summed E-state index contributed by atoms with van der Waals surface area (Å²) < 4.78 is 26.7. The average Bonchev–Trinajstić information content (AvgIpc) is 2.47. The van der Waals surface area contributed by atoms with Crippen molar-refractivity contribution >= 4 is 16.0 Å². The smallest absolute Gasteiger partial charge is 0.306 e. The van der Waals surface area contributed by atoms with E-state index in [0.717, 1.165) is 18.2 Å². The molecule has 5 nitrogen and oxygen atoms in total. The summed E-state index contributed by atoms with van der Waals surface area (Å²) in [5.74, 6) is -0.0230. The summed E-state index contributed by atoms with van der Waals surface area (Å²) in [6.45, 7) is 0.532. The van der Waals surface area contributed by atoms with Gasteiger partial charge in [-0.05, 0) is 36.2 Å². The molecular weight excluding hydrogens is 302 g/mol. The molecule has 2 aromatic rings. The summed E-state index contributed by atoms with van der Waals surface area (Å²) in [4.78, 5) is 12.0. The highest BCUT2D eigenvalue weighted by Crippen LogP contribution is 2.13. The molecule has 0 unspecified atom stereocenters. The molecule has 1 N–H and O–H groups in total. The van der Waals surface area contributed by atoms with E-state index in [9.17, 15) is 13.2 Å². The second kappa shape index (κ2) is 7.09. The molecule has 0 spiro atoms. The van der Waals surface area contributed by atoms with E-state index in [-0.39, 0.29) is 11.7 Å². The van der Waals surface area contributed by atoms with Gasteiger partial charge in [-0.25, -0.2) is 0 Å². The van der Waals surface area contributed by atoms with Gasteiger partial charge in [0.15, 0.2) is 0 Å². The predicted octanol–water partition coefficient (Wildman–Crippen LogP) is 2.00. The molecule has 0 radical (unpaired) electrons. The molecule has 0 saturated heterocycles. The van der Waals surface area contributed by atoms with Gasteiger partial charge in [0.2, 0.25) is 0 Å². The van der Waals surface area contributed by atoms with Crippen LogP contribution in [-0.4, -0.2) is 27.1 Å². The molecule has 0 heterocycles. The minimum Gasteiger partial charge on any atom is -0.383 e. The number of amides is 1. The quantitative estimate of drug-likeness (QED) is 0.827. The van der Waals surface area contributed by atoms with E-state index in [4.69, 9.17) is 4.18 Å². The lowest BCUT2D eigenvalue weighted by Crippen LogP contribution is -2.25. The number of hydrogen-bond acceptors (Lipinski definition) is 4. The van der Waals surface area contributed by atoms with Crippen molar-refractivity contribution in [2.45, 2.75) is 6.42 Å². The average molecular weight is 319 g/mol. The van der Waals surface area contributed by atoms with Crippen LogP contribution in [0.15, 0.2) is 54.6 Å². The first kappa shape index (κ1) is 16.0. The van der Waals surface area contributed by atoms with Crippen molar-refractivity contribution in [1.82, 2.24) is 5.32 Å². The van der Waals surface area contributed by atoms with Crippen LogP contribution in [0.1, 0.15) is 15.9 Å². The van der Waals surface area contributed by atoms with Crippen LogP contribution in [-0.2, 0) is 16.5 Å². The monoisotopic (exact) mass is 319 g/mol.